The Bertz CT molecular complexity index is 1840. The summed E-state index contributed by atoms with van der Waals surface area (Å²) in [7, 11) is 1.63. The third-order valence-electron chi connectivity index (χ3n) is 7.84. The molecule has 1 amide bonds. The number of carbonyl (C=O) groups excluding carboxylic acids is 3. The number of rotatable bonds is 2. The van der Waals surface area contributed by atoms with Crippen molar-refractivity contribution >= 4 is 40.2 Å². The molecule has 0 bridgehead atoms. The van der Waals surface area contributed by atoms with Crippen LogP contribution in [-0.2, 0) is 10.2 Å². The summed E-state index contributed by atoms with van der Waals surface area (Å²) in [5.41, 5.74) is 2.53. The van der Waals surface area contributed by atoms with Gasteiger partial charge in [0.15, 0.2) is 11.6 Å². The zero-order chi connectivity index (χ0) is 27.1. The lowest BCUT2D eigenvalue weighted by atomic mass is 9.69. The van der Waals surface area contributed by atoms with Crippen LogP contribution >= 0.6 is 0 Å². The highest BCUT2D eigenvalue weighted by Gasteiger charge is 2.54. The topological polar surface area (TPSA) is 110 Å². The molecule has 2 heterocycles. The first-order valence-corrected chi connectivity index (χ1v) is 12.3. The van der Waals surface area contributed by atoms with E-state index in [1.807, 2.05) is 30.3 Å². The summed E-state index contributed by atoms with van der Waals surface area (Å²) in [5, 5.41) is 15.1. The molecule has 0 aromatic heterocycles. The fourth-order valence-corrected chi connectivity index (χ4v) is 6.02. The molecule has 4 aromatic rings. The van der Waals surface area contributed by atoms with Crippen molar-refractivity contribution in [2.24, 2.45) is 0 Å². The van der Waals surface area contributed by atoms with Crippen molar-refractivity contribution < 1.29 is 19.3 Å². The summed E-state index contributed by atoms with van der Waals surface area (Å²) in [4.78, 5) is 54.3. The first-order valence-electron chi connectivity index (χ1n) is 12.3. The number of nitro benzene ring substituents is 1. The van der Waals surface area contributed by atoms with E-state index in [0.717, 1.165) is 5.56 Å². The second-order valence-corrected chi connectivity index (χ2v) is 9.79. The molecule has 2 aliphatic heterocycles. The molecule has 0 saturated heterocycles. The van der Waals surface area contributed by atoms with Crippen LogP contribution in [0.5, 0.6) is 0 Å². The average Bonchev–Trinajstić information content (AvgIpc) is 3.17. The van der Waals surface area contributed by atoms with Crippen LogP contribution < -0.4 is 10.2 Å². The Hall–Kier alpha value is -5.37. The van der Waals surface area contributed by atoms with Gasteiger partial charge < -0.3 is 10.2 Å². The first kappa shape index (κ1) is 22.8. The number of nitrogens with one attached hydrogen (secondary N) is 1. The van der Waals surface area contributed by atoms with Crippen molar-refractivity contribution in [2.75, 3.05) is 17.3 Å². The Morgan fingerprint density at radius 3 is 2.21 bits per heavy atom. The van der Waals surface area contributed by atoms with Gasteiger partial charge in [-0.1, -0.05) is 60.7 Å². The first-order chi connectivity index (χ1) is 18.8. The van der Waals surface area contributed by atoms with E-state index in [-0.39, 0.29) is 34.3 Å². The molecule has 0 fully saturated rings. The van der Waals surface area contributed by atoms with Crippen molar-refractivity contribution in [2.45, 2.75) is 5.41 Å². The number of anilines is 2. The highest BCUT2D eigenvalue weighted by molar-refractivity contribution is 6.31. The average molecular weight is 514 g/mol. The van der Waals surface area contributed by atoms with E-state index in [4.69, 9.17) is 0 Å². The van der Waals surface area contributed by atoms with E-state index in [1.165, 1.54) is 17.0 Å². The van der Waals surface area contributed by atoms with Crippen molar-refractivity contribution in [1.82, 2.24) is 0 Å². The van der Waals surface area contributed by atoms with Crippen molar-refractivity contribution in [3.63, 3.8) is 0 Å². The Morgan fingerprint density at radius 1 is 0.795 bits per heavy atom. The van der Waals surface area contributed by atoms with Crippen LogP contribution in [0.25, 0.3) is 5.70 Å². The molecule has 39 heavy (non-hydrogen) atoms. The van der Waals surface area contributed by atoms with Gasteiger partial charge in [0.25, 0.3) is 5.69 Å². The molecule has 3 aliphatic rings. The molecular formula is C31H19N3O5. The van der Waals surface area contributed by atoms with Crippen molar-refractivity contribution in [3.8, 4) is 0 Å². The van der Waals surface area contributed by atoms with Crippen LogP contribution in [-0.4, -0.2) is 29.4 Å². The maximum atomic E-state index is 14.2. The third kappa shape index (κ3) is 2.91. The normalized spacial score (nSPS) is 18.6. The number of nitrogens with zero attached hydrogens (tertiary/aromatic N) is 2. The zero-order valence-corrected chi connectivity index (χ0v) is 20.6. The van der Waals surface area contributed by atoms with Crippen LogP contribution in [0, 0.1) is 10.1 Å². The molecule has 8 heteroatoms. The number of fused-ring (bicyclic) bond motifs is 7. The Morgan fingerprint density at radius 2 is 1.49 bits per heavy atom. The number of likely N-dealkylation sites (N-methyl/N-ethyl adjacent to an activating group) is 1. The van der Waals surface area contributed by atoms with E-state index < -0.39 is 10.3 Å². The summed E-state index contributed by atoms with van der Waals surface area (Å²) >= 11 is 0. The van der Waals surface area contributed by atoms with E-state index in [2.05, 4.69) is 5.32 Å². The predicted molar refractivity (Wildman–Crippen MR) is 145 cm³/mol. The predicted octanol–water partition coefficient (Wildman–Crippen LogP) is 5.10. The second kappa shape index (κ2) is 7.82. The van der Waals surface area contributed by atoms with Gasteiger partial charge in [0.1, 0.15) is 5.41 Å². The summed E-state index contributed by atoms with van der Waals surface area (Å²) in [6, 6.07) is 23.6. The van der Waals surface area contributed by atoms with Crippen LogP contribution in [0.4, 0.5) is 17.1 Å². The lowest BCUT2D eigenvalue weighted by Crippen LogP contribution is -2.41. The minimum Gasteiger partial charge on any atom is -0.354 e. The number of ketones is 2. The highest BCUT2D eigenvalue weighted by atomic mass is 16.6. The number of amides is 1. The monoisotopic (exact) mass is 513 g/mol. The maximum Gasteiger partial charge on any atom is 0.269 e. The summed E-state index contributed by atoms with van der Waals surface area (Å²) in [5.74, 6) is -0.920. The molecule has 1 atom stereocenters. The van der Waals surface area contributed by atoms with Crippen LogP contribution in [0.15, 0.2) is 91.0 Å². The summed E-state index contributed by atoms with van der Waals surface area (Å²) in [6.07, 6.45) is 1.77. The fraction of sp³-hybridized carbons (Fsp3) is 0.0645. The van der Waals surface area contributed by atoms with E-state index in [1.54, 1.807) is 55.6 Å². The minimum atomic E-state index is -1.46. The molecule has 1 spiro atoms. The molecule has 1 aliphatic carbocycles. The highest BCUT2D eigenvalue weighted by Crippen LogP contribution is 2.54. The smallest absolute Gasteiger partial charge is 0.269 e. The number of hydrogen-bond acceptors (Lipinski definition) is 6. The number of nitro groups is 1. The molecule has 7 rings (SSSR count). The Balaban J connectivity index is 1.58. The van der Waals surface area contributed by atoms with Gasteiger partial charge in [0.05, 0.1) is 16.2 Å². The molecular weight excluding hydrogens is 494 g/mol. The maximum absolute atomic E-state index is 14.2. The molecule has 4 aromatic carbocycles. The lowest BCUT2D eigenvalue weighted by molar-refractivity contribution is -0.384. The number of non-ortho nitro benzene ring substituents is 1. The van der Waals surface area contributed by atoms with Crippen molar-refractivity contribution in [1.29, 1.82) is 0 Å². The minimum absolute atomic E-state index is 0.149. The summed E-state index contributed by atoms with van der Waals surface area (Å²) < 4.78 is 0. The van der Waals surface area contributed by atoms with Crippen LogP contribution in [0.3, 0.4) is 0 Å². The number of carbonyl (C=O) groups is 3. The molecule has 0 unspecified atom stereocenters. The van der Waals surface area contributed by atoms with Gasteiger partial charge in [-0.05, 0) is 23.8 Å². The molecule has 1 N–H and O–H groups in total. The third-order valence-corrected chi connectivity index (χ3v) is 7.84. The Kier molecular flexibility index (Phi) is 4.57. The molecule has 8 nitrogen and oxygen atoms in total. The van der Waals surface area contributed by atoms with E-state index in [9.17, 15) is 24.5 Å². The lowest BCUT2D eigenvalue weighted by Gasteiger charge is -2.36. The quantitative estimate of drug-likeness (QED) is 0.260. The second-order valence-electron chi connectivity index (χ2n) is 9.79. The zero-order valence-electron chi connectivity index (χ0n) is 20.6. The van der Waals surface area contributed by atoms with Gasteiger partial charge in [0.2, 0.25) is 5.91 Å². The van der Waals surface area contributed by atoms with Crippen LogP contribution in [0.2, 0.25) is 0 Å². The standard InChI is InChI=1S/C31H19N3O5/c1-33-25-14-11-18(34(38)39)15-23(25)31(30(33)37)16-24(17-7-3-2-4-8-17)32-27-22(31)13-12-21-26(27)29(36)20-10-6-5-9-19(20)28(21)35/h2-16,32H,1H3/t31-/m1/s1. The number of benzene rings is 4. The van der Waals surface area contributed by atoms with Crippen molar-refractivity contribution in [3.05, 3.63) is 140 Å². The molecule has 188 valence electrons. The van der Waals surface area contributed by atoms with Gasteiger partial charge in [-0.2, -0.15) is 0 Å². The Labute approximate surface area is 222 Å². The fourth-order valence-electron chi connectivity index (χ4n) is 6.02. The van der Waals surface area contributed by atoms with Gasteiger partial charge >= 0.3 is 0 Å². The SMILES string of the molecule is CN1C(=O)[C@@]2(C=C(c3ccccc3)Nc3c2ccc2c3C(=O)c3ccccc3C2=O)c2cc([N+](=O)[O-])ccc21. The largest absolute Gasteiger partial charge is 0.354 e. The van der Waals surface area contributed by atoms with Gasteiger partial charge in [-0.3, -0.25) is 24.5 Å². The molecule has 0 saturated carbocycles. The van der Waals surface area contributed by atoms with Gasteiger partial charge in [-0.25, -0.2) is 0 Å². The molecule has 0 radical (unpaired) electrons. The number of hydrogen-bond donors (Lipinski definition) is 1. The van der Waals surface area contributed by atoms with E-state index >= 15 is 0 Å². The summed E-state index contributed by atoms with van der Waals surface area (Å²) in [6.45, 7) is 0. The van der Waals surface area contributed by atoms with E-state index in [0.29, 0.717) is 39.3 Å². The van der Waals surface area contributed by atoms with Gasteiger partial charge in [0, 0.05) is 58.4 Å². The van der Waals surface area contributed by atoms with Gasteiger partial charge in [-0.15, -0.1) is 0 Å². The van der Waals surface area contributed by atoms with Crippen LogP contribution in [0.1, 0.15) is 48.5 Å².